The smallest absolute Gasteiger partial charge is 0.175 e. The van der Waals surface area contributed by atoms with Gasteiger partial charge < -0.3 is 0 Å². The minimum atomic E-state index is -0.495. The zero-order valence-corrected chi connectivity index (χ0v) is 7.98. The van der Waals surface area contributed by atoms with Crippen molar-refractivity contribution in [3.63, 3.8) is 0 Å². The lowest BCUT2D eigenvalue weighted by Crippen LogP contribution is -1.89. The molecule has 0 saturated carbocycles. The fourth-order valence-electron chi connectivity index (χ4n) is 1.55. The van der Waals surface area contributed by atoms with Gasteiger partial charge in [0.05, 0.1) is 5.69 Å². The molecule has 0 aliphatic carbocycles. The van der Waals surface area contributed by atoms with E-state index in [4.69, 9.17) is 0 Å². The lowest BCUT2D eigenvalue weighted by Gasteiger charge is -1.99. The van der Waals surface area contributed by atoms with Crippen LogP contribution in [0.15, 0.2) is 30.6 Å². The van der Waals surface area contributed by atoms with E-state index in [0.717, 1.165) is 18.2 Å². The Morgan fingerprint density at radius 3 is 2.88 bits per heavy atom. The van der Waals surface area contributed by atoms with E-state index in [9.17, 15) is 8.78 Å². The Kier molecular flexibility index (Phi) is 1.76. The molecule has 3 rings (SSSR count). The summed E-state index contributed by atoms with van der Waals surface area (Å²) >= 11 is 0. The van der Waals surface area contributed by atoms with Gasteiger partial charge in [0.2, 0.25) is 0 Å². The largest absolute Gasteiger partial charge is 0.276 e. The number of nitrogens with one attached hydrogen (secondary N) is 1. The van der Waals surface area contributed by atoms with E-state index in [2.05, 4.69) is 15.2 Å². The van der Waals surface area contributed by atoms with E-state index in [-0.39, 0.29) is 5.56 Å². The molecular formula is C10H6F2N4. The fraction of sp³-hybridized carbons (Fsp3) is 0. The first-order chi connectivity index (χ1) is 7.74. The molecule has 6 heteroatoms. The number of aromatic amines is 1. The molecule has 4 nitrogen and oxygen atoms in total. The standard InChI is InChI=1S/C10H6F2N4/c11-6-1-2-8(12)7(3-6)9-4-10-13-5-14-16(10)15-9/h1-5,15H. The number of halogens is 2. The van der Waals surface area contributed by atoms with Gasteiger partial charge in [0, 0.05) is 11.6 Å². The lowest BCUT2D eigenvalue weighted by atomic mass is 10.1. The van der Waals surface area contributed by atoms with Crippen molar-refractivity contribution in [2.75, 3.05) is 0 Å². The molecule has 2 aromatic heterocycles. The van der Waals surface area contributed by atoms with Gasteiger partial charge in [-0.05, 0) is 18.2 Å². The highest BCUT2D eigenvalue weighted by molar-refractivity contribution is 5.64. The van der Waals surface area contributed by atoms with Crippen LogP contribution in [0, 0.1) is 11.6 Å². The minimum Gasteiger partial charge on any atom is -0.276 e. The Bertz CT molecular complexity index is 627. The molecule has 0 amide bonds. The predicted molar refractivity (Wildman–Crippen MR) is 52.7 cm³/mol. The van der Waals surface area contributed by atoms with E-state index < -0.39 is 11.6 Å². The molecule has 0 radical (unpaired) electrons. The zero-order valence-electron chi connectivity index (χ0n) is 7.98. The minimum absolute atomic E-state index is 0.160. The first kappa shape index (κ1) is 9.02. The van der Waals surface area contributed by atoms with Gasteiger partial charge >= 0.3 is 0 Å². The summed E-state index contributed by atoms with van der Waals surface area (Å²) in [5, 5.41) is 6.65. The normalized spacial score (nSPS) is 11.1. The first-order valence-electron chi connectivity index (χ1n) is 4.58. The topological polar surface area (TPSA) is 46.0 Å². The molecular weight excluding hydrogens is 214 g/mol. The van der Waals surface area contributed by atoms with Crippen molar-refractivity contribution in [2.24, 2.45) is 0 Å². The summed E-state index contributed by atoms with van der Waals surface area (Å²) in [6.07, 6.45) is 1.37. The summed E-state index contributed by atoms with van der Waals surface area (Å²) in [5.74, 6) is -0.984. The highest BCUT2D eigenvalue weighted by atomic mass is 19.1. The quantitative estimate of drug-likeness (QED) is 0.681. The average molecular weight is 220 g/mol. The first-order valence-corrected chi connectivity index (χ1v) is 4.58. The second-order valence-electron chi connectivity index (χ2n) is 3.32. The van der Waals surface area contributed by atoms with Crippen molar-refractivity contribution >= 4 is 5.65 Å². The molecule has 1 aromatic carbocycles. The Morgan fingerprint density at radius 1 is 1.19 bits per heavy atom. The maximum Gasteiger partial charge on any atom is 0.175 e. The van der Waals surface area contributed by atoms with Crippen LogP contribution in [0.25, 0.3) is 16.9 Å². The molecule has 16 heavy (non-hydrogen) atoms. The van der Waals surface area contributed by atoms with Gasteiger partial charge in [-0.2, -0.15) is 4.63 Å². The van der Waals surface area contributed by atoms with Crippen molar-refractivity contribution in [3.8, 4) is 11.3 Å². The summed E-state index contributed by atoms with van der Waals surface area (Å²) in [7, 11) is 0. The zero-order chi connectivity index (χ0) is 11.1. The fourth-order valence-corrected chi connectivity index (χ4v) is 1.55. The molecule has 0 fully saturated rings. The molecule has 0 saturated heterocycles. The number of nitrogens with zero attached hydrogens (tertiary/aromatic N) is 3. The van der Waals surface area contributed by atoms with Crippen LogP contribution in [0.1, 0.15) is 0 Å². The maximum absolute atomic E-state index is 13.5. The van der Waals surface area contributed by atoms with Crippen molar-refractivity contribution < 1.29 is 8.78 Å². The Balaban J connectivity index is 2.22. The van der Waals surface area contributed by atoms with E-state index in [1.165, 1.54) is 11.0 Å². The number of fused-ring (bicyclic) bond motifs is 1. The lowest BCUT2D eigenvalue weighted by molar-refractivity contribution is 0.602. The molecule has 0 bridgehead atoms. The summed E-state index contributed by atoms with van der Waals surface area (Å²) in [4.78, 5) is 3.92. The SMILES string of the molecule is Fc1ccc(F)c(-c2cc3ncnn3[nH]2)c1. The third-order valence-corrected chi connectivity index (χ3v) is 2.29. The van der Waals surface area contributed by atoms with E-state index in [1.807, 2.05) is 0 Å². The summed E-state index contributed by atoms with van der Waals surface area (Å²) in [6.45, 7) is 0. The number of aromatic nitrogens is 4. The second-order valence-corrected chi connectivity index (χ2v) is 3.32. The molecule has 1 N–H and O–H groups in total. The van der Waals surface area contributed by atoms with Crippen molar-refractivity contribution in [2.45, 2.75) is 0 Å². The van der Waals surface area contributed by atoms with E-state index in [1.54, 1.807) is 6.07 Å². The number of H-pyrrole nitrogens is 1. The Hall–Kier alpha value is -2.24. The van der Waals surface area contributed by atoms with Crippen LogP contribution < -0.4 is 0 Å². The van der Waals surface area contributed by atoms with Crippen molar-refractivity contribution in [3.05, 3.63) is 42.2 Å². The van der Waals surface area contributed by atoms with Crippen molar-refractivity contribution in [1.82, 2.24) is 19.8 Å². The summed E-state index contributed by atoms with van der Waals surface area (Å²) in [5.41, 5.74) is 1.15. The van der Waals surface area contributed by atoms with Crippen molar-refractivity contribution in [1.29, 1.82) is 0 Å². The number of hydrogen-bond donors (Lipinski definition) is 1. The van der Waals surface area contributed by atoms with Gasteiger partial charge in [0.15, 0.2) is 5.65 Å². The van der Waals surface area contributed by atoms with E-state index >= 15 is 0 Å². The van der Waals surface area contributed by atoms with Crippen LogP contribution in [0.3, 0.4) is 0 Å². The van der Waals surface area contributed by atoms with Crippen LogP contribution in [0.4, 0.5) is 8.78 Å². The monoisotopic (exact) mass is 220 g/mol. The number of hydrogen-bond acceptors (Lipinski definition) is 2. The molecule has 0 spiro atoms. The summed E-state index contributed by atoms with van der Waals surface area (Å²) in [6, 6.07) is 4.89. The van der Waals surface area contributed by atoms with Gasteiger partial charge in [0.25, 0.3) is 0 Å². The van der Waals surface area contributed by atoms with Gasteiger partial charge in [-0.25, -0.2) is 13.8 Å². The van der Waals surface area contributed by atoms with Gasteiger partial charge in [0.1, 0.15) is 18.0 Å². The third kappa shape index (κ3) is 1.27. The third-order valence-electron chi connectivity index (χ3n) is 2.29. The Morgan fingerprint density at radius 2 is 2.06 bits per heavy atom. The molecule has 0 aliphatic heterocycles. The molecule has 3 aromatic rings. The van der Waals surface area contributed by atoms with E-state index in [0.29, 0.717) is 11.3 Å². The molecule has 0 aliphatic rings. The highest BCUT2D eigenvalue weighted by Gasteiger charge is 2.10. The van der Waals surface area contributed by atoms with Crippen LogP contribution in [-0.4, -0.2) is 19.8 Å². The number of rotatable bonds is 1. The summed E-state index contributed by atoms with van der Waals surface area (Å²) < 4.78 is 27.8. The van der Waals surface area contributed by atoms with Crippen LogP contribution >= 0.6 is 0 Å². The second kappa shape index (κ2) is 3.13. The number of benzene rings is 1. The van der Waals surface area contributed by atoms with Gasteiger partial charge in [-0.15, -0.1) is 5.10 Å². The van der Waals surface area contributed by atoms with Gasteiger partial charge in [-0.1, -0.05) is 0 Å². The molecule has 2 heterocycles. The van der Waals surface area contributed by atoms with Crippen LogP contribution in [0.2, 0.25) is 0 Å². The molecule has 0 unspecified atom stereocenters. The van der Waals surface area contributed by atoms with Gasteiger partial charge in [-0.3, -0.25) is 5.10 Å². The van der Waals surface area contributed by atoms with Crippen LogP contribution in [-0.2, 0) is 0 Å². The molecule has 0 atom stereocenters. The molecule has 80 valence electrons. The average Bonchev–Trinajstić information content (AvgIpc) is 2.81. The maximum atomic E-state index is 13.5. The highest BCUT2D eigenvalue weighted by Crippen LogP contribution is 2.22. The van der Waals surface area contributed by atoms with Crippen LogP contribution in [0.5, 0.6) is 0 Å². The predicted octanol–water partition coefficient (Wildman–Crippen LogP) is 2.00. The Labute approximate surface area is 88.5 Å².